The minimum Gasteiger partial charge on any atom is -0.335 e. The molecule has 2 aliphatic heterocycles. The largest absolute Gasteiger partial charge is 0.335 e. The topological polar surface area (TPSA) is 50.2 Å². The van der Waals surface area contributed by atoms with Crippen LogP contribution in [0.4, 0.5) is 0 Å². The molecule has 1 aromatic heterocycles. The molecule has 0 saturated carbocycles. The molecule has 2 unspecified atom stereocenters. The molecule has 3 heterocycles. The standard InChI is InChI=1S/C14H22N4O/c1-3-18-13(7-10(2)16-18)14(19)17-8-11-5-4-6-15-12(11)9-17/h7,11-12,15H,3-6,8-9H2,1-2H3. The normalized spacial score (nSPS) is 26.5. The Balaban J connectivity index is 1.77. The van der Waals surface area contributed by atoms with Gasteiger partial charge in [-0.3, -0.25) is 9.48 Å². The fourth-order valence-corrected chi connectivity index (χ4v) is 3.33. The molecule has 5 nitrogen and oxygen atoms in total. The van der Waals surface area contributed by atoms with Crippen LogP contribution < -0.4 is 5.32 Å². The average molecular weight is 262 g/mol. The molecule has 19 heavy (non-hydrogen) atoms. The highest BCUT2D eigenvalue weighted by Gasteiger charge is 2.37. The summed E-state index contributed by atoms with van der Waals surface area (Å²) < 4.78 is 1.81. The van der Waals surface area contributed by atoms with Crippen LogP contribution in [0.25, 0.3) is 0 Å². The molecule has 1 N–H and O–H groups in total. The summed E-state index contributed by atoms with van der Waals surface area (Å²) in [6.07, 6.45) is 2.47. The lowest BCUT2D eigenvalue weighted by Crippen LogP contribution is -2.41. The number of hydrogen-bond acceptors (Lipinski definition) is 3. The molecule has 3 rings (SSSR count). The van der Waals surface area contributed by atoms with Crippen LogP contribution in [-0.2, 0) is 6.54 Å². The number of fused-ring (bicyclic) bond motifs is 1. The van der Waals surface area contributed by atoms with Gasteiger partial charge in [0, 0.05) is 25.7 Å². The second kappa shape index (κ2) is 4.96. The van der Waals surface area contributed by atoms with Crippen LogP contribution in [-0.4, -0.2) is 46.3 Å². The Morgan fingerprint density at radius 2 is 2.37 bits per heavy atom. The van der Waals surface area contributed by atoms with Crippen molar-refractivity contribution in [1.82, 2.24) is 20.0 Å². The molecular weight excluding hydrogens is 240 g/mol. The summed E-state index contributed by atoms with van der Waals surface area (Å²) in [6, 6.07) is 2.40. The van der Waals surface area contributed by atoms with E-state index in [4.69, 9.17) is 0 Å². The van der Waals surface area contributed by atoms with E-state index in [1.54, 1.807) is 0 Å². The molecule has 0 radical (unpaired) electrons. The number of hydrogen-bond donors (Lipinski definition) is 1. The van der Waals surface area contributed by atoms with Crippen molar-refractivity contribution in [3.8, 4) is 0 Å². The van der Waals surface area contributed by atoms with Crippen LogP contribution in [0.5, 0.6) is 0 Å². The first-order valence-corrected chi connectivity index (χ1v) is 7.26. The van der Waals surface area contributed by atoms with Gasteiger partial charge in [-0.05, 0) is 45.2 Å². The van der Waals surface area contributed by atoms with Gasteiger partial charge in [0.25, 0.3) is 5.91 Å². The molecule has 0 spiro atoms. The molecular formula is C14H22N4O. The molecule has 1 aromatic rings. The monoisotopic (exact) mass is 262 g/mol. The Bertz CT molecular complexity index is 468. The lowest BCUT2D eigenvalue weighted by atomic mass is 9.94. The van der Waals surface area contributed by atoms with Crippen molar-refractivity contribution in [2.75, 3.05) is 19.6 Å². The first-order chi connectivity index (χ1) is 9.19. The maximum Gasteiger partial charge on any atom is 0.272 e. The molecule has 5 heteroatoms. The Hall–Kier alpha value is -1.36. The van der Waals surface area contributed by atoms with Crippen LogP contribution in [0, 0.1) is 12.8 Å². The van der Waals surface area contributed by atoms with Gasteiger partial charge in [-0.25, -0.2) is 0 Å². The summed E-state index contributed by atoms with van der Waals surface area (Å²) in [4.78, 5) is 14.6. The number of likely N-dealkylation sites (tertiary alicyclic amines) is 1. The minimum absolute atomic E-state index is 0.138. The average Bonchev–Trinajstić information content (AvgIpc) is 3.00. The van der Waals surface area contributed by atoms with Crippen molar-refractivity contribution in [3.05, 3.63) is 17.5 Å². The van der Waals surface area contributed by atoms with E-state index in [1.807, 2.05) is 29.5 Å². The first-order valence-electron chi connectivity index (χ1n) is 7.26. The number of aryl methyl sites for hydroxylation is 2. The van der Waals surface area contributed by atoms with Gasteiger partial charge in [-0.15, -0.1) is 0 Å². The molecule has 1 amide bonds. The smallest absolute Gasteiger partial charge is 0.272 e. The van der Waals surface area contributed by atoms with Gasteiger partial charge in [0.05, 0.1) is 5.69 Å². The molecule has 2 aliphatic rings. The van der Waals surface area contributed by atoms with Crippen LogP contribution in [0.15, 0.2) is 6.07 Å². The van der Waals surface area contributed by atoms with Gasteiger partial charge in [0.15, 0.2) is 0 Å². The van der Waals surface area contributed by atoms with Crippen LogP contribution in [0.2, 0.25) is 0 Å². The van der Waals surface area contributed by atoms with Gasteiger partial charge in [0.1, 0.15) is 5.69 Å². The molecule has 2 fully saturated rings. The fourth-order valence-electron chi connectivity index (χ4n) is 3.33. The predicted molar refractivity (Wildman–Crippen MR) is 73.1 cm³/mol. The predicted octanol–water partition coefficient (Wildman–Crippen LogP) is 1.04. The van der Waals surface area contributed by atoms with Crippen LogP contribution in [0.1, 0.15) is 35.9 Å². The van der Waals surface area contributed by atoms with Crippen molar-refractivity contribution in [3.63, 3.8) is 0 Å². The summed E-state index contributed by atoms with van der Waals surface area (Å²) in [6.45, 7) is 7.54. The zero-order valence-electron chi connectivity index (χ0n) is 11.7. The maximum atomic E-state index is 12.6. The third kappa shape index (κ3) is 2.27. The quantitative estimate of drug-likeness (QED) is 0.866. The van der Waals surface area contributed by atoms with Gasteiger partial charge in [-0.1, -0.05) is 0 Å². The SMILES string of the molecule is CCn1nc(C)cc1C(=O)N1CC2CCCNC2C1. The molecule has 0 aliphatic carbocycles. The Morgan fingerprint density at radius 3 is 3.11 bits per heavy atom. The van der Waals surface area contributed by atoms with E-state index in [-0.39, 0.29) is 5.91 Å². The highest BCUT2D eigenvalue weighted by molar-refractivity contribution is 5.93. The number of aromatic nitrogens is 2. The zero-order valence-corrected chi connectivity index (χ0v) is 11.7. The lowest BCUT2D eigenvalue weighted by molar-refractivity contribution is 0.0773. The minimum atomic E-state index is 0.138. The van der Waals surface area contributed by atoms with E-state index in [9.17, 15) is 4.79 Å². The number of rotatable bonds is 2. The van der Waals surface area contributed by atoms with Gasteiger partial charge in [-0.2, -0.15) is 5.10 Å². The van der Waals surface area contributed by atoms with Crippen molar-refractivity contribution < 1.29 is 4.79 Å². The molecule has 0 aromatic carbocycles. The third-order valence-corrected chi connectivity index (χ3v) is 4.31. The van der Waals surface area contributed by atoms with E-state index in [0.717, 1.165) is 37.6 Å². The number of nitrogens with zero attached hydrogens (tertiary/aromatic N) is 3. The second-order valence-corrected chi connectivity index (χ2v) is 5.66. The van der Waals surface area contributed by atoms with Gasteiger partial charge < -0.3 is 10.2 Å². The van der Waals surface area contributed by atoms with Crippen LogP contribution >= 0.6 is 0 Å². The van der Waals surface area contributed by atoms with E-state index in [0.29, 0.717) is 12.0 Å². The van der Waals surface area contributed by atoms with Crippen molar-refractivity contribution in [2.24, 2.45) is 5.92 Å². The number of carbonyl (C=O) groups is 1. The van der Waals surface area contributed by atoms with E-state index < -0.39 is 0 Å². The summed E-state index contributed by atoms with van der Waals surface area (Å²) in [5.74, 6) is 0.774. The van der Waals surface area contributed by atoms with Crippen LogP contribution in [0.3, 0.4) is 0 Å². The molecule has 104 valence electrons. The highest BCUT2D eigenvalue weighted by atomic mass is 16.2. The van der Waals surface area contributed by atoms with Crippen molar-refractivity contribution in [1.29, 1.82) is 0 Å². The summed E-state index contributed by atoms with van der Waals surface area (Å²) in [5.41, 5.74) is 1.65. The van der Waals surface area contributed by atoms with E-state index in [2.05, 4.69) is 10.4 Å². The summed E-state index contributed by atoms with van der Waals surface area (Å²) in [5, 5.41) is 7.90. The van der Waals surface area contributed by atoms with E-state index >= 15 is 0 Å². The molecule has 0 bridgehead atoms. The van der Waals surface area contributed by atoms with Gasteiger partial charge >= 0.3 is 0 Å². The van der Waals surface area contributed by atoms with Crippen molar-refractivity contribution >= 4 is 5.91 Å². The Morgan fingerprint density at radius 1 is 1.53 bits per heavy atom. The maximum absolute atomic E-state index is 12.6. The highest BCUT2D eigenvalue weighted by Crippen LogP contribution is 2.26. The Kier molecular flexibility index (Phi) is 3.31. The zero-order chi connectivity index (χ0) is 13.4. The summed E-state index contributed by atoms with van der Waals surface area (Å²) >= 11 is 0. The molecule has 2 atom stereocenters. The Labute approximate surface area is 114 Å². The van der Waals surface area contributed by atoms with E-state index in [1.165, 1.54) is 12.8 Å². The second-order valence-electron chi connectivity index (χ2n) is 5.66. The number of amides is 1. The number of carbonyl (C=O) groups excluding carboxylic acids is 1. The van der Waals surface area contributed by atoms with Crippen molar-refractivity contribution in [2.45, 2.75) is 39.3 Å². The first kappa shape index (κ1) is 12.7. The molecule has 2 saturated heterocycles. The summed E-state index contributed by atoms with van der Waals surface area (Å²) in [7, 11) is 0. The fraction of sp³-hybridized carbons (Fsp3) is 0.714. The third-order valence-electron chi connectivity index (χ3n) is 4.31. The van der Waals surface area contributed by atoms with Gasteiger partial charge in [0.2, 0.25) is 0 Å². The number of nitrogens with one attached hydrogen (secondary N) is 1. The lowest BCUT2D eigenvalue weighted by Gasteiger charge is -2.24. The number of piperidine rings is 1.